The van der Waals surface area contributed by atoms with Crippen LogP contribution >= 0.6 is 0 Å². The molecule has 1 aromatic rings. The number of nitrogens with zero attached hydrogens (tertiary/aromatic N) is 2. The highest BCUT2D eigenvalue weighted by Crippen LogP contribution is 2.33. The summed E-state index contributed by atoms with van der Waals surface area (Å²) in [5.41, 5.74) is 2.31. The maximum absolute atomic E-state index is 13.5. The number of anilines is 2. The molecule has 1 aromatic heterocycles. The molecule has 0 bridgehead atoms. The van der Waals surface area contributed by atoms with Gasteiger partial charge in [-0.05, 0) is 24.7 Å². The number of nitrogens with two attached hydrogens (primary N) is 1. The van der Waals surface area contributed by atoms with Gasteiger partial charge in [-0.25, -0.2) is 15.2 Å². The van der Waals surface area contributed by atoms with Crippen molar-refractivity contribution in [2.24, 2.45) is 17.7 Å². The Balaban J connectivity index is 2.13. The SMILES string of the molecule is CC1CCC(Nc2nc(NN)ncc2F)C1C. The Kier molecular flexibility index (Phi) is 3.42. The van der Waals surface area contributed by atoms with Crippen molar-refractivity contribution in [3.8, 4) is 0 Å². The Bertz CT molecular complexity index is 397. The van der Waals surface area contributed by atoms with Crippen molar-refractivity contribution in [2.45, 2.75) is 32.7 Å². The molecule has 1 aliphatic carbocycles. The molecule has 94 valence electrons. The number of hydrogen-bond donors (Lipinski definition) is 3. The minimum Gasteiger partial charge on any atom is -0.364 e. The van der Waals surface area contributed by atoms with Gasteiger partial charge in [-0.3, -0.25) is 5.43 Å². The Morgan fingerprint density at radius 1 is 1.41 bits per heavy atom. The first kappa shape index (κ1) is 12.0. The molecule has 0 aromatic carbocycles. The fourth-order valence-electron chi connectivity index (χ4n) is 2.28. The highest BCUT2D eigenvalue weighted by atomic mass is 19.1. The van der Waals surface area contributed by atoms with Crippen molar-refractivity contribution >= 4 is 11.8 Å². The van der Waals surface area contributed by atoms with Crippen LogP contribution in [0.5, 0.6) is 0 Å². The van der Waals surface area contributed by atoms with Crippen molar-refractivity contribution in [1.29, 1.82) is 0 Å². The summed E-state index contributed by atoms with van der Waals surface area (Å²) in [6, 6.07) is 0.264. The number of aromatic nitrogens is 2. The van der Waals surface area contributed by atoms with Gasteiger partial charge in [-0.1, -0.05) is 13.8 Å². The van der Waals surface area contributed by atoms with Gasteiger partial charge in [0.2, 0.25) is 5.95 Å². The molecule has 1 aliphatic rings. The summed E-state index contributed by atoms with van der Waals surface area (Å²) in [5, 5.41) is 3.14. The Labute approximate surface area is 100.0 Å². The molecule has 3 atom stereocenters. The summed E-state index contributed by atoms with van der Waals surface area (Å²) < 4.78 is 13.5. The van der Waals surface area contributed by atoms with E-state index >= 15 is 0 Å². The summed E-state index contributed by atoms with van der Waals surface area (Å²) in [6.45, 7) is 4.39. The molecule has 1 saturated carbocycles. The van der Waals surface area contributed by atoms with Gasteiger partial charge in [0.15, 0.2) is 11.6 Å². The molecule has 3 unspecified atom stereocenters. The Morgan fingerprint density at radius 2 is 2.18 bits per heavy atom. The second-order valence-corrected chi connectivity index (χ2v) is 4.70. The molecule has 0 spiro atoms. The van der Waals surface area contributed by atoms with Gasteiger partial charge in [0.1, 0.15) is 0 Å². The minimum absolute atomic E-state index is 0.215. The summed E-state index contributed by atoms with van der Waals surface area (Å²) in [4.78, 5) is 7.68. The van der Waals surface area contributed by atoms with Gasteiger partial charge in [0.05, 0.1) is 6.20 Å². The van der Waals surface area contributed by atoms with Crippen LogP contribution in [0.4, 0.5) is 16.2 Å². The van der Waals surface area contributed by atoms with Gasteiger partial charge in [0, 0.05) is 6.04 Å². The number of hydrazine groups is 1. The van der Waals surface area contributed by atoms with E-state index in [2.05, 4.69) is 34.6 Å². The Morgan fingerprint density at radius 3 is 2.76 bits per heavy atom. The summed E-state index contributed by atoms with van der Waals surface area (Å²) >= 11 is 0. The molecule has 4 N–H and O–H groups in total. The zero-order chi connectivity index (χ0) is 12.4. The average Bonchev–Trinajstić information content (AvgIpc) is 2.64. The monoisotopic (exact) mass is 239 g/mol. The molecule has 1 heterocycles. The third-order valence-corrected chi connectivity index (χ3v) is 3.66. The third-order valence-electron chi connectivity index (χ3n) is 3.66. The van der Waals surface area contributed by atoms with E-state index in [1.807, 2.05) is 0 Å². The van der Waals surface area contributed by atoms with Crippen LogP contribution in [-0.4, -0.2) is 16.0 Å². The fraction of sp³-hybridized carbons (Fsp3) is 0.636. The number of nitrogens with one attached hydrogen (secondary N) is 2. The maximum atomic E-state index is 13.5. The molecule has 0 aliphatic heterocycles. The lowest BCUT2D eigenvalue weighted by Crippen LogP contribution is -2.25. The predicted octanol–water partition coefficient (Wildman–Crippen LogP) is 1.75. The second-order valence-electron chi connectivity index (χ2n) is 4.70. The predicted molar refractivity (Wildman–Crippen MR) is 64.8 cm³/mol. The van der Waals surface area contributed by atoms with Crippen molar-refractivity contribution < 1.29 is 4.39 Å². The minimum atomic E-state index is -0.448. The maximum Gasteiger partial charge on any atom is 0.239 e. The fourth-order valence-corrected chi connectivity index (χ4v) is 2.28. The summed E-state index contributed by atoms with van der Waals surface area (Å²) in [6.07, 6.45) is 3.32. The zero-order valence-corrected chi connectivity index (χ0v) is 10.1. The molecule has 0 amide bonds. The van der Waals surface area contributed by atoms with E-state index in [9.17, 15) is 4.39 Å². The van der Waals surface area contributed by atoms with E-state index in [-0.39, 0.29) is 17.8 Å². The first-order valence-corrected chi connectivity index (χ1v) is 5.87. The summed E-state index contributed by atoms with van der Waals surface area (Å²) in [5.74, 6) is 6.36. The lowest BCUT2D eigenvalue weighted by Gasteiger charge is -2.20. The van der Waals surface area contributed by atoms with E-state index in [0.29, 0.717) is 11.8 Å². The van der Waals surface area contributed by atoms with E-state index < -0.39 is 5.82 Å². The topological polar surface area (TPSA) is 75.9 Å². The largest absolute Gasteiger partial charge is 0.364 e. The molecule has 5 nitrogen and oxygen atoms in total. The van der Waals surface area contributed by atoms with Crippen LogP contribution in [0.25, 0.3) is 0 Å². The van der Waals surface area contributed by atoms with E-state index in [1.54, 1.807) is 0 Å². The standard InChI is InChI=1S/C11H18FN5/c1-6-3-4-9(7(6)2)15-10-8(12)5-14-11(16-10)17-13/h5-7,9H,3-4,13H2,1-2H3,(H2,14,15,16,17). The molecular formula is C11H18FN5. The third kappa shape index (κ3) is 2.46. The number of rotatable bonds is 3. The molecule has 0 saturated heterocycles. The normalized spacial score (nSPS) is 28.1. The Hall–Kier alpha value is -1.43. The van der Waals surface area contributed by atoms with Crippen LogP contribution in [0.2, 0.25) is 0 Å². The van der Waals surface area contributed by atoms with E-state index in [0.717, 1.165) is 19.0 Å². The van der Waals surface area contributed by atoms with Gasteiger partial charge in [0.25, 0.3) is 0 Å². The first-order chi connectivity index (χ1) is 8.11. The van der Waals surface area contributed by atoms with Crippen LogP contribution in [0.1, 0.15) is 26.7 Å². The molecule has 6 heteroatoms. The zero-order valence-electron chi connectivity index (χ0n) is 10.1. The molecule has 17 heavy (non-hydrogen) atoms. The first-order valence-electron chi connectivity index (χ1n) is 5.87. The highest BCUT2D eigenvalue weighted by molar-refractivity contribution is 5.41. The van der Waals surface area contributed by atoms with Gasteiger partial charge < -0.3 is 5.32 Å². The van der Waals surface area contributed by atoms with Crippen molar-refractivity contribution in [3.63, 3.8) is 0 Å². The van der Waals surface area contributed by atoms with E-state index in [1.165, 1.54) is 0 Å². The lowest BCUT2D eigenvalue weighted by atomic mass is 9.98. The smallest absolute Gasteiger partial charge is 0.239 e. The molecule has 0 radical (unpaired) electrons. The summed E-state index contributed by atoms with van der Waals surface area (Å²) in [7, 11) is 0. The molecular weight excluding hydrogens is 221 g/mol. The van der Waals surface area contributed by atoms with Crippen LogP contribution < -0.4 is 16.6 Å². The van der Waals surface area contributed by atoms with Crippen LogP contribution in [-0.2, 0) is 0 Å². The van der Waals surface area contributed by atoms with Gasteiger partial charge in [-0.15, -0.1) is 0 Å². The van der Waals surface area contributed by atoms with E-state index in [4.69, 9.17) is 5.84 Å². The van der Waals surface area contributed by atoms with Gasteiger partial charge >= 0.3 is 0 Å². The highest BCUT2D eigenvalue weighted by Gasteiger charge is 2.30. The number of nitrogen functional groups attached to an aromatic ring is 1. The van der Waals surface area contributed by atoms with Gasteiger partial charge in [-0.2, -0.15) is 4.98 Å². The molecule has 1 fully saturated rings. The number of hydrogen-bond acceptors (Lipinski definition) is 5. The second kappa shape index (κ2) is 4.83. The van der Waals surface area contributed by atoms with Crippen molar-refractivity contribution in [1.82, 2.24) is 9.97 Å². The molecule has 2 rings (SSSR count). The van der Waals surface area contributed by atoms with Crippen molar-refractivity contribution in [2.75, 3.05) is 10.7 Å². The van der Waals surface area contributed by atoms with Crippen molar-refractivity contribution in [3.05, 3.63) is 12.0 Å². The lowest BCUT2D eigenvalue weighted by molar-refractivity contribution is 0.434. The van der Waals surface area contributed by atoms with Crippen LogP contribution in [0.15, 0.2) is 6.20 Å². The quantitative estimate of drug-likeness (QED) is 0.553. The average molecular weight is 239 g/mol. The van der Waals surface area contributed by atoms with Crippen LogP contribution in [0.3, 0.4) is 0 Å². The number of halogens is 1. The van der Waals surface area contributed by atoms with Crippen LogP contribution in [0, 0.1) is 17.7 Å².